The monoisotopic (exact) mass is 342 g/mol. The SMILES string of the molecule is c1ccc(N2CCOCC2)c(CN[C@@H]2[C@H]3CCO[C@H]3C23CCCC3)c1. The van der Waals surface area contributed by atoms with Crippen LogP contribution in [0.1, 0.15) is 37.7 Å². The van der Waals surface area contributed by atoms with Gasteiger partial charge in [-0.1, -0.05) is 31.0 Å². The molecular weight excluding hydrogens is 312 g/mol. The molecule has 4 aliphatic rings. The van der Waals surface area contributed by atoms with Gasteiger partial charge in [-0.3, -0.25) is 0 Å². The summed E-state index contributed by atoms with van der Waals surface area (Å²) in [6.45, 7) is 5.64. The van der Waals surface area contributed by atoms with E-state index in [1.807, 2.05) is 0 Å². The maximum Gasteiger partial charge on any atom is 0.0690 e. The fraction of sp³-hybridized carbons (Fsp3) is 0.714. The minimum atomic E-state index is 0.440. The van der Waals surface area contributed by atoms with Crippen molar-refractivity contribution >= 4 is 5.69 Å². The maximum atomic E-state index is 6.13. The number of nitrogens with zero attached hydrogens (tertiary/aromatic N) is 1. The van der Waals surface area contributed by atoms with Crippen LogP contribution in [0.3, 0.4) is 0 Å². The Morgan fingerprint density at radius 2 is 1.88 bits per heavy atom. The number of fused-ring (bicyclic) bond motifs is 2. The molecule has 2 heterocycles. The molecule has 0 unspecified atom stereocenters. The molecule has 0 amide bonds. The number of ether oxygens (including phenoxy) is 2. The Balaban J connectivity index is 1.31. The van der Waals surface area contributed by atoms with E-state index in [4.69, 9.17) is 9.47 Å². The first-order chi connectivity index (χ1) is 12.4. The molecule has 2 aliphatic heterocycles. The second-order valence-electron chi connectivity index (χ2n) is 8.27. The number of para-hydroxylation sites is 1. The molecule has 1 aromatic rings. The maximum absolute atomic E-state index is 6.13. The summed E-state index contributed by atoms with van der Waals surface area (Å²) in [5.74, 6) is 0.744. The van der Waals surface area contributed by atoms with Gasteiger partial charge in [-0.05, 0) is 30.9 Å². The normalized spacial score (nSPS) is 33.4. The third kappa shape index (κ3) is 2.61. The first-order valence-electron chi connectivity index (χ1n) is 10.1. The largest absolute Gasteiger partial charge is 0.378 e. The van der Waals surface area contributed by atoms with Gasteiger partial charge in [-0.25, -0.2) is 0 Å². The van der Waals surface area contributed by atoms with Gasteiger partial charge in [0.1, 0.15) is 0 Å². The minimum Gasteiger partial charge on any atom is -0.378 e. The highest BCUT2D eigenvalue weighted by Gasteiger charge is 2.64. The third-order valence-corrected chi connectivity index (χ3v) is 7.14. The van der Waals surface area contributed by atoms with Gasteiger partial charge < -0.3 is 19.7 Å². The zero-order valence-corrected chi connectivity index (χ0v) is 15.1. The van der Waals surface area contributed by atoms with Crippen LogP contribution in [0.25, 0.3) is 0 Å². The zero-order valence-electron chi connectivity index (χ0n) is 15.1. The Kier molecular flexibility index (Phi) is 4.23. The van der Waals surface area contributed by atoms with Gasteiger partial charge in [0.2, 0.25) is 0 Å². The lowest BCUT2D eigenvalue weighted by molar-refractivity contribution is -0.130. The second kappa shape index (κ2) is 6.57. The van der Waals surface area contributed by atoms with Gasteiger partial charge in [0, 0.05) is 49.3 Å². The molecule has 4 heteroatoms. The Bertz CT molecular complexity index is 608. The van der Waals surface area contributed by atoms with Crippen molar-refractivity contribution in [2.75, 3.05) is 37.8 Å². The molecule has 25 heavy (non-hydrogen) atoms. The van der Waals surface area contributed by atoms with Gasteiger partial charge in [-0.15, -0.1) is 0 Å². The molecule has 3 atom stereocenters. The van der Waals surface area contributed by atoms with Crippen molar-refractivity contribution < 1.29 is 9.47 Å². The van der Waals surface area contributed by atoms with Crippen molar-refractivity contribution in [3.05, 3.63) is 29.8 Å². The van der Waals surface area contributed by atoms with Gasteiger partial charge >= 0.3 is 0 Å². The van der Waals surface area contributed by atoms with Gasteiger partial charge in [-0.2, -0.15) is 0 Å². The second-order valence-corrected chi connectivity index (χ2v) is 8.27. The van der Waals surface area contributed by atoms with Gasteiger partial charge in [0.25, 0.3) is 0 Å². The van der Waals surface area contributed by atoms with E-state index in [-0.39, 0.29) is 0 Å². The van der Waals surface area contributed by atoms with Crippen LogP contribution in [0.5, 0.6) is 0 Å². The lowest BCUT2D eigenvalue weighted by Gasteiger charge is -2.57. The summed E-state index contributed by atoms with van der Waals surface area (Å²) >= 11 is 0. The number of anilines is 1. The van der Waals surface area contributed by atoms with E-state index >= 15 is 0 Å². The number of benzene rings is 1. The highest BCUT2D eigenvalue weighted by atomic mass is 16.5. The molecule has 5 rings (SSSR count). The average Bonchev–Trinajstić information content (AvgIpc) is 3.32. The molecule has 1 aromatic carbocycles. The van der Waals surface area contributed by atoms with E-state index in [2.05, 4.69) is 34.5 Å². The molecule has 2 aliphatic carbocycles. The average molecular weight is 342 g/mol. The predicted molar refractivity (Wildman–Crippen MR) is 98.8 cm³/mol. The quantitative estimate of drug-likeness (QED) is 0.912. The molecule has 0 aromatic heterocycles. The van der Waals surface area contributed by atoms with E-state index in [9.17, 15) is 0 Å². The van der Waals surface area contributed by atoms with Gasteiger partial charge in [0.15, 0.2) is 0 Å². The van der Waals surface area contributed by atoms with Crippen LogP contribution in [-0.2, 0) is 16.0 Å². The molecule has 4 fully saturated rings. The summed E-state index contributed by atoms with van der Waals surface area (Å²) in [7, 11) is 0. The minimum absolute atomic E-state index is 0.440. The highest BCUT2D eigenvalue weighted by Crippen LogP contribution is 2.60. The number of rotatable bonds is 4. The molecule has 1 N–H and O–H groups in total. The zero-order chi connectivity index (χ0) is 16.7. The summed E-state index contributed by atoms with van der Waals surface area (Å²) < 4.78 is 11.7. The van der Waals surface area contributed by atoms with Crippen LogP contribution in [-0.4, -0.2) is 45.1 Å². The summed E-state index contributed by atoms with van der Waals surface area (Å²) in [6.07, 6.45) is 7.27. The third-order valence-electron chi connectivity index (χ3n) is 7.14. The van der Waals surface area contributed by atoms with Crippen LogP contribution < -0.4 is 10.2 Å². The summed E-state index contributed by atoms with van der Waals surface area (Å²) in [5, 5.41) is 3.98. The lowest BCUT2D eigenvalue weighted by Crippen LogP contribution is -2.67. The number of nitrogens with one attached hydrogen (secondary N) is 1. The molecule has 2 saturated heterocycles. The van der Waals surface area contributed by atoms with E-state index < -0.39 is 0 Å². The molecule has 0 bridgehead atoms. The Morgan fingerprint density at radius 1 is 1.08 bits per heavy atom. The Morgan fingerprint density at radius 3 is 2.72 bits per heavy atom. The first kappa shape index (κ1) is 16.1. The summed E-state index contributed by atoms with van der Waals surface area (Å²) in [4.78, 5) is 2.48. The smallest absolute Gasteiger partial charge is 0.0690 e. The van der Waals surface area contributed by atoms with Crippen LogP contribution in [0.2, 0.25) is 0 Å². The van der Waals surface area contributed by atoms with Crippen molar-refractivity contribution in [2.45, 2.75) is 50.8 Å². The molecular formula is C21H30N2O2. The molecule has 0 radical (unpaired) electrons. The molecule has 136 valence electrons. The van der Waals surface area contributed by atoms with Crippen molar-refractivity contribution in [3.8, 4) is 0 Å². The van der Waals surface area contributed by atoms with Crippen LogP contribution in [0.4, 0.5) is 5.69 Å². The Labute approximate surface area is 150 Å². The van der Waals surface area contributed by atoms with E-state index in [1.54, 1.807) is 0 Å². The lowest BCUT2D eigenvalue weighted by atomic mass is 9.54. The summed E-state index contributed by atoms with van der Waals surface area (Å²) in [5.41, 5.74) is 3.26. The molecule has 2 saturated carbocycles. The molecule has 1 spiro atoms. The fourth-order valence-corrected chi connectivity index (χ4v) is 6.00. The van der Waals surface area contributed by atoms with E-state index in [1.165, 1.54) is 43.4 Å². The fourth-order valence-electron chi connectivity index (χ4n) is 6.00. The van der Waals surface area contributed by atoms with Crippen LogP contribution in [0, 0.1) is 11.3 Å². The van der Waals surface area contributed by atoms with Crippen molar-refractivity contribution in [2.24, 2.45) is 11.3 Å². The van der Waals surface area contributed by atoms with Gasteiger partial charge in [0.05, 0.1) is 19.3 Å². The Hall–Kier alpha value is -1.10. The highest BCUT2D eigenvalue weighted by molar-refractivity contribution is 5.54. The van der Waals surface area contributed by atoms with Crippen molar-refractivity contribution in [1.29, 1.82) is 0 Å². The first-order valence-corrected chi connectivity index (χ1v) is 10.1. The van der Waals surface area contributed by atoms with E-state index in [0.717, 1.165) is 45.4 Å². The number of morpholine rings is 1. The standard InChI is InChI=1S/C21H30N2O2/c1-2-6-18(23-10-13-24-14-11-23)16(5-1)15-22-19-17-7-12-25-20(17)21(19)8-3-4-9-21/h1-2,5-6,17,19-20,22H,3-4,7-15H2/t17-,19-,20-/m1/s1. The predicted octanol–water partition coefficient (Wildman–Crippen LogP) is 2.96. The summed E-state index contributed by atoms with van der Waals surface area (Å²) in [6, 6.07) is 9.56. The number of hydrogen-bond acceptors (Lipinski definition) is 4. The van der Waals surface area contributed by atoms with Crippen LogP contribution >= 0.6 is 0 Å². The van der Waals surface area contributed by atoms with E-state index in [0.29, 0.717) is 17.6 Å². The number of hydrogen-bond donors (Lipinski definition) is 1. The molecule has 4 nitrogen and oxygen atoms in total. The topological polar surface area (TPSA) is 33.7 Å². The van der Waals surface area contributed by atoms with Crippen molar-refractivity contribution in [1.82, 2.24) is 5.32 Å². The van der Waals surface area contributed by atoms with Crippen molar-refractivity contribution in [3.63, 3.8) is 0 Å². The van der Waals surface area contributed by atoms with Crippen LogP contribution in [0.15, 0.2) is 24.3 Å².